The van der Waals surface area contributed by atoms with Crippen molar-refractivity contribution in [3.63, 3.8) is 0 Å². The molecule has 0 radical (unpaired) electrons. The second-order valence-electron chi connectivity index (χ2n) is 10.2. The van der Waals surface area contributed by atoms with Crippen LogP contribution in [0.15, 0.2) is 80.1 Å². The maximum Gasteiger partial charge on any atom is 0.0904 e. The zero-order chi connectivity index (χ0) is 30.5. The lowest BCUT2D eigenvalue weighted by Gasteiger charge is -2.25. The van der Waals surface area contributed by atoms with E-state index in [1.165, 1.54) is 53.8 Å². The van der Waals surface area contributed by atoms with E-state index in [9.17, 15) is 0 Å². The zero-order valence-electron chi connectivity index (χ0n) is 27.0. The Morgan fingerprint density at radius 3 is 2.22 bits per heavy atom. The van der Waals surface area contributed by atoms with Crippen LogP contribution in [0.1, 0.15) is 69.6 Å². The van der Waals surface area contributed by atoms with Gasteiger partial charge in [0.25, 0.3) is 0 Å². The molecule has 5 nitrogen and oxygen atoms in total. The fraction of sp³-hybridized carbons (Fsp3) is 0.444. The van der Waals surface area contributed by atoms with Crippen LogP contribution in [0.25, 0.3) is 11.3 Å². The summed E-state index contributed by atoms with van der Waals surface area (Å²) in [6.07, 6.45) is 14.4. The largest absolute Gasteiger partial charge is 0.394 e. The van der Waals surface area contributed by atoms with E-state index in [-0.39, 0.29) is 0 Å². The number of rotatable bonds is 13. The van der Waals surface area contributed by atoms with Gasteiger partial charge in [0, 0.05) is 49.8 Å². The first-order valence-corrected chi connectivity index (χ1v) is 15.2. The van der Waals surface area contributed by atoms with Crippen molar-refractivity contribution < 1.29 is 0 Å². The fourth-order valence-corrected chi connectivity index (χ4v) is 4.51. The van der Waals surface area contributed by atoms with E-state index in [1.54, 1.807) is 6.20 Å². The van der Waals surface area contributed by atoms with Gasteiger partial charge in [-0.2, -0.15) is 0 Å². The summed E-state index contributed by atoms with van der Waals surface area (Å²) >= 11 is 0. The SMILES string of the molecule is C=C(NC)c1ccc(N2CCN(c3ccccc3C)C2)c(/C(C)=C/CCC)c1.C=CNC.CCC=CCCCNC. The normalized spacial score (nSPS) is 12.8. The lowest BCUT2D eigenvalue weighted by molar-refractivity contribution is 0.734. The van der Waals surface area contributed by atoms with Gasteiger partial charge in [-0.3, -0.25) is 0 Å². The van der Waals surface area contributed by atoms with E-state index in [0.717, 1.165) is 44.0 Å². The van der Waals surface area contributed by atoms with Crippen LogP contribution in [0.2, 0.25) is 0 Å². The number of allylic oxidation sites excluding steroid dienone is 4. The molecule has 226 valence electrons. The molecule has 5 heteroatoms. The number of para-hydroxylation sites is 1. The van der Waals surface area contributed by atoms with Crippen LogP contribution in [0.3, 0.4) is 0 Å². The number of nitrogens with zero attached hydrogens (tertiary/aromatic N) is 2. The molecule has 0 unspecified atom stereocenters. The lowest BCUT2D eigenvalue weighted by atomic mass is 9.99. The highest BCUT2D eigenvalue weighted by molar-refractivity contribution is 5.80. The first-order valence-electron chi connectivity index (χ1n) is 15.2. The molecule has 2 aromatic carbocycles. The van der Waals surface area contributed by atoms with Gasteiger partial charge < -0.3 is 25.8 Å². The molecule has 0 aromatic heterocycles. The standard InChI is InChI=1S/C25H33N3.C8H17N.C3H7N/c1-6-7-10-19(2)23-17-22(21(4)26-5)13-14-25(23)28-16-15-27(18-28)24-12-9-8-11-20(24)3;1-3-4-5-6-7-8-9-2;1-3-4-2/h8-14,17,26H,4,6-7,15-16,18H2,1-3,5H3;4-5,9H,3,6-8H2,1-2H3;3-4H,1H2,2H3/b19-10+;;. The molecular formula is C36H57N5. The number of hydrogen-bond donors (Lipinski definition) is 3. The first kappa shape index (κ1) is 35.6. The third-order valence-corrected chi connectivity index (χ3v) is 6.99. The van der Waals surface area contributed by atoms with Gasteiger partial charge in [0.05, 0.1) is 6.67 Å². The molecule has 0 spiro atoms. The zero-order valence-corrected chi connectivity index (χ0v) is 27.0. The molecular weight excluding hydrogens is 502 g/mol. The van der Waals surface area contributed by atoms with Crippen molar-refractivity contribution >= 4 is 22.6 Å². The van der Waals surface area contributed by atoms with Crippen molar-refractivity contribution in [3.05, 3.63) is 96.7 Å². The molecule has 0 aliphatic carbocycles. The van der Waals surface area contributed by atoms with Gasteiger partial charge in [0.15, 0.2) is 0 Å². The van der Waals surface area contributed by atoms with Crippen molar-refractivity contribution in [2.45, 2.75) is 59.8 Å². The highest BCUT2D eigenvalue weighted by Gasteiger charge is 2.23. The topological polar surface area (TPSA) is 42.6 Å². The van der Waals surface area contributed by atoms with Crippen molar-refractivity contribution in [2.75, 3.05) is 57.2 Å². The monoisotopic (exact) mass is 559 g/mol. The minimum atomic E-state index is 0.922. The van der Waals surface area contributed by atoms with Crippen LogP contribution in [-0.2, 0) is 0 Å². The predicted molar refractivity (Wildman–Crippen MR) is 186 cm³/mol. The summed E-state index contributed by atoms with van der Waals surface area (Å²) in [5, 5.41) is 8.98. The fourth-order valence-electron chi connectivity index (χ4n) is 4.51. The number of unbranched alkanes of at least 4 members (excludes halogenated alkanes) is 2. The number of aryl methyl sites for hydroxylation is 1. The highest BCUT2D eigenvalue weighted by atomic mass is 15.4. The first-order chi connectivity index (χ1) is 19.9. The Labute approximate surface area is 252 Å². The number of anilines is 2. The van der Waals surface area contributed by atoms with E-state index in [4.69, 9.17) is 0 Å². The summed E-state index contributed by atoms with van der Waals surface area (Å²) in [6.45, 7) is 20.5. The number of nitrogens with one attached hydrogen (secondary N) is 3. The summed E-state index contributed by atoms with van der Waals surface area (Å²) < 4.78 is 0. The van der Waals surface area contributed by atoms with Crippen molar-refractivity contribution in [1.82, 2.24) is 16.0 Å². The molecule has 1 aliphatic heterocycles. The Hall–Kier alpha value is -3.44. The Balaban J connectivity index is 0.000000541. The number of hydrogen-bond acceptors (Lipinski definition) is 5. The van der Waals surface area contributed by atoms with Gasteiger partial charge in [0.2, 0.25) is 0 Å². The van der Waals surface area contributed by atoms with Crippen molar-refractivity contribution in [2.24, 2.45) is 0 Å². The summed E-state index contributed by atoms with van der Waals surface area (Å²) in [4.78, 5) is 4.97. The predicted octanol–water partition coefficient (Wildman–Crippen LogP) is 7.97. The Kier molecular flexibility index (Phi) is 18.5. The molecule has 0 atom stereocenters. The van der Waals surface area contributed by atoms with Gasteiger partial charge in [-0.05, 0) is 94.2 Å². The van der Waals surface area contributed by atoms with Crippen LogP contribution in [0.5, 0.6) is 0 Å². The molecule has 1 aliphatic rings. The maximum atomic E-state index is 4.14. The van der Waals surface area contributed by atoms with E-state index in [0.29, 0.717) is 0 Å². The Bertz CT molecular complexity index is 1090. The molecule has 41 heavy (non-hydrogen) atoms. The maximum absolute atomic E-state index is 4.14. The Morgan fingerprint density at radius 1 is 0.951 bits per heavy atom. The van der Waals surface area contributed by atoms with Crippen molar-refractivity contribution in [3.8, 4) is 0 Å². The third-order valence-electron chi connectivity index (χ3n) is 6.99. The summed E-state index contributed by atoms with van der Waals surface area (Å²) in [6, 6.07) is 15.4. The van der Waals surface area contributed by atoms with Crippen LogP contribution < -0.4 is 25.8 Å². The average molecular weight is 560 g/mol. The highest BCUT2D eigenvalue weighted by Crippen LogP contribution is 2.33. The summed E-state index contributed by atoms with van der Waals surface area (Å²) in [5.41, 5.74) is 8.76. The second kappa shape index (κ2) is 21.3. The minimum Gasteiger partial charge on any atom is -0.394 e. The smallest absolute Gasteiger partial charge is 0.0904 e. The van der Waals surface area contributed by atoms with E-state index >= 15 is 0 Å². The van der Waals surface area contributed by atoms with Gasteiger partial charge in [-0.25, -0.2) is 0 Å². The molecule has 3 N–H and O–H groups in total. The summed E-state index contributed by atoms with van der Waals surface area (Å²) in [5.74, 6) is 0. The summed E-state index contributed by atoms with van der Waals surface area (Å²) in [7, 11) is 5.73. The van der Waals surface area contributed by atoms with Crippen LogP contribution in [0.4, 0.5) is 11.4 Å². The second-order valence-corrected chi connectivity index (χ2v) is 10.2. The van der Waals surface area contributed by atoms with Gasteiger partial charge in [0.1, 0.15) is 0 Å². The van der Waals surface area contributed by atoms with Gasteiger partial charge in [-0.15, -0.1) is 0 Å². The molecule has 3 rings (SSSR count). The van der Waals surface area contributed by atoms with Crippen LogP contribution >= 0.6 is 0 Å². The lowest BCUT2D eigenvalue weighted by Crippen LogP contribution is -2.26. The van der Waals surface area contributed by atoms with Crippen molar-refractivity contribution in [1.29, 1.82) is 0 Å². The molecule has 1 fully saturated rings. The Morgan fingerprint density at radius 2 is 1.63 bits per heavy atom. The molecule has 0 saturated carbocycles. The van der Waals surface area contributed by atoms with Crippen LogP contribution in [-0.4, -0.2) is 47.4 Å². The molecule has 0 bridgehead atoms. The quantitative estimate of drug-likeness (QED) is 0.172. The van der Waals surface area contributed by atoms with E-state index in [2.05, 4.69) is 127 Å². The molecule has 0 amide bonds. The van der Waals surface area contributed by atoms with Gasteiger partial charge >= 0.3 is 0 Å². The average Bonchev–Trinajstić information content (AvgIpc) is 3.49. The van der Waals surface area contributed by atoms with Crippen LogP contribution in [0, 0.1) is 6.92 Å². The van der Waals surface area contributed by atoms with E-state index < -0.39 is 0 Å². The third kappa shape index (κ3) is 12.7. The number of benzene rings is 2. The van der Waals surface area contributed by atoms with E-state index in [1.807, 2.05) is 21.1 Å². The van der Waals surface area contributed by atoms with Gasteiger partial charge in [-0.1, -0.05) is 75.9 Å². The molecule has 1 saturated heterocycles. The minimum absolute atomic E-state index is 0.922. The molecule has 2 aromatic rings. The molecule has 1 heterocycles.